The number of hydrogen-bond donors (Lipinski definition) is 3. The van der Waals surface area contributed by atoms with Crippen LogP contribution in [0, 0.1) is 12.8 Å². The van der Waals surface area contributed by atoms with Crippen molar-refractivity contribution in [3.05, 3.63) is 35.4 Å². The average molecular weight is 345 g/mol. The number of benzene rings is 1. The van der Waals surface area contributed by atoms with Crippen LogP contribution in [0.1, 0.15) is 57.1 Å². The van der Waals surface area contributed by atoms with E-state index in [1.54, 1.807) is 0 Å². The number of carbonyl (C=O) groups excluding carboxylic acids is 2. The van der Waals surface area contributed by atoms with Crippen molar-refractivity contribution in [3.8, 4) is 0 Å². The first kappa shape index (κ1) is 19.3. The van der Waals surface area contributed by atoms with Crippen LogP contribution in [0.4, 0.5) is 4.79 Å². The van der Waals surface area contributed by atoms with E-state index >= 15 is 0 Å². The van der Waals surface area contributed by atoms with Crippen molar-refractivity contribution in [2.75, 3.05) is 0 Å². The van der Waals surface area contributed by atoms with Gasteiger partial charge in [0.25, 0.3) is 0 Å². The van der Waals surface area contributed by atoms with Crippen molar-refractivity contribution in [2.24, 2.45) is 5.92 Å². The van der Waals surface area contributed by atoms with Crippen molar-refractivity contribution < 1.29 is 9.59 Å². The molecule has 1 aromatic carbocycles. The summed E-state index contributed by atoms with van der Waals surface area (Å²) in [6, 6.07) is 7.50. The fourth-order valence-electron chi connectivity index (χ4n) is 3.17. The summed E-state index contributed by atoms with van der Waals surface area (Å²) in [6.07, 6.45) is 5.06. The number of aryl methyl sites for hydroxylation is 1. The highest BCUT2D eigenvalue weighted by Crippen LogP contribution is 2.18. The lowest BCUT2D eigenvalue weighted by atomic mass is 10.0. The molecule has 1 saturated carbocycles. The molecule has 1 aliphatic carbocycles. The highest BCUT2D eigenvalue weighted by Gasteiger charge is 2.25. The highest BCUT2D eigenvalue weighted by atomic mass is 16.2. The third kappa shape index (κ3) is 6.77. The van der Waals surface area contributed by atoms with Crippen LogP contribution < -0.4 is 16.0 Å². The third-order valence-electron chi connectivity index (χ3n) is 4.60. The van der Waals surface area contributed by atoms with Gasteiger partial charge in [-0.2, -0.15) is 0 Å². The van der Waals surface area contributed by atoms with Gasteiger partial charge in [0.2, 0.25) is 5.91 Å². The molecular formula is C20H31N3O2. The molecular weight excluding hydrogens is 314 g/mol. The van der Waals surface area contributed by atoms with Gasteiger partial charge in [0.05, 0.1) is 0 Å². The zero-order valence-corrected chi connectivity index (χ0v) is 15.6. The largest absolute Gasteiger partial charge is 0.352 e. The van der Waals surface area contributed by atoms with Crippen LogP contribution in [0.3, 0.4) is 0 Å². The van der Waals surface area contributed by atoms with Crippen molar-refractivity contribution in [1.82, 2.24) is 16.0 Å². The second-order valence-corrected chi connectivity index (χ2v) is 7.48. The van der Waals surface area contributed by atoms with Crippen molar-refractivity contribution in [1.29, 1.82) is 0 Å². The molecule has 0 radical (unpaired) electrons. The van der Waals surface area contributed by atoms with Crippen LogP contribution in [0.25, 0.3) is 0 Å². The summed E-state index contributed by atoms with van der Waals surface area (Å²) in [4.78, 5) is 24.7. The average Bonchev–Trinajstić information content (AvgIpc) is 3.06. The summed E-state index contributed by atoms with van der Waals surface area (Å²) in [5.41, 5.74) is 2.23. The first-order valence-electron chi connectivity index (χ1n) is 9.34. The van der Waals surface area contributed by atoms with Gasteiger partial charge in [-0.15, -0.1) is 0 Å². The fourth-order valence-corrected chi connectivity index (χ4v) is 3.17. The number of urea groups is 1. The van der Waals surface area contributed by atoms with E-state index in [2.05, 4.69) is 29.8 Å². The van der Waals surface area contributed by atoms with Gasteiger partial charge in [-0.05, 0) is 37.7 Å². The fraction of sp³-hybridized carbons (Fsp3) is 0.600. The van der Waals surface area contributed by atoms with Gasteiger partial charge < -0.3 is 16.0 Å². The standard InChI is InChI=1S/C20H31N3O2/c1-14(2)12-18(19(24)22-17-6-4-5-7-17)23-20(25)21-13-16-10-8-15(3)9-11-16/h8-11,14,17-18H,4-7,12-13H2,1-3H3,(H,22,24)(H2,21,23,25)/t18-/m1/s1. The Morgan fingerprint density at radius 3 is 2.36 bits per heavy atom. The zero-order chi connectivity index (χ0) is 18.2. The third-order valence-corrected chi connectivity index (χ3v) is 4.60. The SMILES string of the molecule is Cc1ccc(CNC(=O)N[C@H](CC(C)C)C(=O)NC2CCCC2)cc1. The predicted molar refractivity (Wildman–Crippen MR) is 100 cm³/mol. The van der Waals surface area contributed by atoms with E-state index in [9.17, 15) is 9.59 Å². The van der Waals surface area contributed by atoms with Crippen LogP contribution >= 0.6 is 0 Å². The predicted octanol–water partition coefficient (Wildman–Crippen LogP) is 3.27. The van der Waals surface area contributed by atoms with Gasteiger partial charge in [-0.25, -0.2) is 4.79 Å². The van der Waals surface area contributed by atoms with E-state index in [-0.39, 0.29) is 18.0 Å². The minimum Gasteiger partial charge on any atom is -0.352 e. The molecule has 0 heterocycles. The molecule has 3 amide bonds. The quantitative estimate of drug-likeness (QED) is 0.710. The van der Waals surface area contributed by atoms with Gasteiger partial charge in [-0.3, -0.25) is 4.79 Å². The van der Waals surface area contributed by atoms with E-state index in [0.29, 0.717) is 18.9 Å². The highest BCUT2D eigenvalue weighted by molar-refractivity contribution is 5.87. The molecule has 138 valence electrons. The molecule has 0 spiro atoms. The molecule has 2 rings (SSSR count). The Balaban J connectivity index is 1.85. The van der Waals surface area contributed by atoms with Crippen LogP contribution in [0.15, 0.2) is 24.3 Å². The Morgan fingerprint density at radius 1 is 1.12 bits per heavy atom. The molecule has 0 saturated heterocycles. The number of hydrogen-bond acceptors (Lipinski definition) is 2. The normalized spacial score (nSPS) is 15.8. The molecule has 25 heavy (non-hydrogen) atoms. The maximum Gasteiger partial charge on any atom is 0.315 e. The first-order chi connectivity index (χ1) is 11.9. The van der Waals surface area contributed by atoms with Crippen molar-refractivity contribution >= 4 is 11.9 Å². The van der Waals surface area contributed by atoms with Gasteiger partial charge in [0, 0.05) is 12.6 Å². The van der Waals surface area contributed by atoms with Crippen LogP contribution in [0.2, 0.25) is 0 Å². The van der Waals surface area contributed by atoms with Gasteiger partial charge >= 0.3 is 6.03 Å². The second kappa shape index (κ2) is 9.44. The minimum absolute atomic E-state index is 0.0638. The second-order valence-electron chi connectivity index (χ2n) is 7.48. The number of amides is 3. The van der Waals surface area contributed by atoms with Gasteiger partial charge in [0.15, 0.2) is 0 Å². The molecule has 1 fully saturated rings. The van der Waals surface area contributed by atoms with Crippen molar-refractivity contribution in [3.63, 3.8) is 0 Å². The Morgan fingerprint density at radius 2 is 1.76 bits per heavy atom. The van der Waals surface area contributed by atoms with Gasteiger partial charge in [0.1, 0.15) is 6.04 Å². The lowest BCUT2D eigenvalue weighted by molar-refractivity contribution is -0.124. The smallest absolute Gasteiger partial charge is 0.315 e. The lowest BCUT2D eigenvalue weighted by Crippen LogP contribution is -2.52. The number of carbonyl (C=O) groups is 2. The Labute approximate surface area is 151 Å². The maximum atomic E-state index is 12.5. The summed E-state index contributed by atoms with van der Waals surface area (Å²) in [5.74, 6) is 0.266. The Hall–Kier alpha value is -2.04. The molecule has 0 aromatic heterocycles. The molecule has 3 N–H and O–H groups in total. The Bertz CT molecular complexity index is 563. The van der Waals surface area contributed by atoms with E-state index in [4.69, 9.17) is 0 Å². The molecule has 0 unspecified atom stereocenters. The monoisotopic (exact) mass is 345 g/mol. The zero-order valence-electron chi connectivity index (χ0n) is 15.6. The summed E-state index contributed by atoms with van der Waals surface area (Å²) in [7, 11) is 0. The number of nitrogens with one attached hydrogen (secondary N) is 3. The van der Waals surface area contributed by atoms with E-state index in [1.807, 2.05) is 31.2 Å². The van der Waals surface area contributed by atoms with Crippen LogP contribution in [-0.2, 0) is 11.3 Å². The summed E-state index contributed by atoms with van der Waals surface area (Å²) in [5, 5.41) is 8.77. The van der Waals surface area contributed by atoms with E-state index in [0.717, 1.165) is 18.4 Å². The molecule has 1 aliphatic rings. The van der Waals surface area contributed by atoms with E-state index < -0.39 is 6.04 Å². The lowest BCUT2D eigenvalue weighted by Gasteiger charge is -2.22. The topological polar surface area (TPSA) is 70.2 Å². The molecule has 5 nitrogen and oxygen atoms in total. The molecule has 1 aromatic rings. The summed E-state index contributed by atoms with van der Waals surface area (Å²) in [6.45, 7) is 6.59. The molecule has 5 heteroatoms. The van der Waals surface area contributed by atoms with Crippen molar-refractivity contribution in [2.45, 2.75) is 71.5 Å². The van der Waals surface area contributed by atoms with Gasteiger partial charge in [-0.1, -0.05) is 56.5 Å². The summed E-state index contributed by atoms with van der Waals surface area (Å²) >= 11 is 0. The minimum atomic E-state index is -0.487. The first-order valence-corrected chi connectivity index (χ1v) is 9.34. The Kier molecular flexibility index (Phi) is 7.29. The summed E-state index contributed by atoms with van der Waals surface area (Å²) < 4.78 is 0. The number of rotatable bonds is 7. The molecule has 0 aliphatic heterocycles. The molecule has 1 atom stereocenters. The molecule has 0 bridgehead atoms. The van der Waals surface area contributed by atoms with Crippen LogP contribution in [-0.4, -0.2) is 24.0 Å². The van der Waals surface area contributed by atoms with Crippen LogP contribution in [0.5, 0.6) is 0 Å². The maximum absolute atomic E-state index is 12.5. The van der Waals surface area contributed by atoms with E-state index in [1.165, 1.54) is 18.4 Å².